The molecule has 1 spiro atoms. The summed E-state index contributed by atoms with van der Waals surface area (Å²) in [5.41, 5.74) is 0.295. The molecule has 1 heterocycles. The second kappa shape index (κ2) is 6.02. The first-order chi connectivity index (χ1) is 11.1. The van der Waals surface area contributed by atoms with E-state index in [1.807, 2.05) is 30.3 Å². The first-order valence-corrected chi connectivity index (χ1v) is 7.76. The molecule has 0 bridgehead atoms. The van der Waals surface area contributed by atoms with Crippen molar-refractivity contribution in [3.8, 4) is 0 Å². The number of ketones is 1. The van der Waals surface area contributed by atoms with Crippen molar-refractivity contribution in [1.29, 1.82) is 0 Å². The quantitative estimate of drug-likeness (QED) is 0.626. The molecule has 1 unspecified atom stereocenters. The first kappa shape index (κ1) is 15.5. The van der Waals surface area contributed by atoms with Gasteiger partial charge in [-0.3, -0.25) is 9.69 Å². The summed E-state index contributed by atoms with van der Waals surface area (Å²) in [7, 11) is 0. The minimum atomic E-state index is -1.17. The monoisotopic (exact) mass is 317 g/mol. The molecule has 0 aromatic heterocycles. The van der Waals surface area contributed by atoms with E-state index < -0.39 is 23.5 Å². The molecule has 0 radical (unpaired) electrons. The number of ether oxygens (including phenoxy) is 2. The number of esters is 1. The van der Waals surface area contributed by atoms with Crippen molar-refractivity contribution < 1.29 is 23.9 Å². The Labute approximate surface area is 134 Å². The number of amides is 1. The third-order valence-corrected chi connectivity index (χ3v) is 4.36. The summed E-state index contributed by atoms with van der Waals surface area (Å²) in [6, 6.07) is 8.09. The van der Waals surface area contributed by atoms with Crippen LogP contribution >= 0.6 is 0 Å². The van der Waals surface area contributed by atoms with Gasteiger partial charge < -0.3 is 9.47 Å². The highest BCUT2D eigenvalue weighted by molar-refractivity contribution is 6.11. The standard InChI is InChI=1S/C17H19NO5/c1-2-22-15(20)13-14(19)17(8-9-17)11-18(13)16(21)23-10-12-6-4-3-5-7-12/h3-7,13H,2,8-11H2,1H3. The highest BCUT2D eigenvalue weighted by Gasteiger charge is 2.63. The van der Waals surface area contributed by atoms with Crippen LogP contribution in [0.3, 0.4) is 0 Å². The van der Waals surface area contributed by atoms with Gasteiger partial charge in [-0.2, -0.15) is 0 Å². The van der Waals surface area contributed by atoms with Gasteiger partial charge in [-0.05, 0) is 25.3 Å². The lowest BCUT2D eigenvalue weighted by molar-refractivity contribution is -0.150. The first-order valence-electron chi connectivity index (χ1n) is 7.76. The summed E-state index contributed by atoms with van der Waals surface area (Å²) in [5, 5.41) is 0. The maximum atomic E-state index is 12.4. The number of hydrogen-bond acceptors (Lipinski definition) is 5. The number of Topliss-reactive ketones (excluding diaryl/α,β-unsaturated/α-hetero) is 1. The highest BCUT2D eigenvalue weighted by atomic mass is 16.6. The van der Waals surface area contributed by atoms with Crippen molar-refractivity contribution in [2.45, 2.75) is 32.4 Å². The number of hydrogen-bond donors (Lipinski definition) is 0. The van der Waals surface area contributed by atoms with Gasteiger partial charge in [-0.15, -0.1) is 0 Å². The Balaban J connectivity index is 1.70. The van der Waals surface area contributed by atoms with E-state index in [1.165, 1.54) is 4.90 Å². The van der Waals surface area contributed by atoms with Crippen LogP contribution in [-0.4, -0.2) is 41.9 Å². The van der Waals surface area contributed by atoms with E-state index in [1.54, 1.807) is 6.92 Å². The Bertz CT molecular complexity index is 623. The average Bonchev–Trinajstić information content (AvgIpc) is 3.27. The number of rotatable bonds is 4. The zero-order valence-corrected chi connectivity index (χ0v) is 13.0. The molecule has 1 aliphatic heterocycles. The number of carbonyl (C=O) groups is 3. The summed E-state index contributed by atoms with van der Waals surface area (Å²) >= 11 is 0. The topological polar surface area (TPSA) is 72.9 Å². The molecule has 1 saturated heterocycles. The molecular weight excluding hydrogens is 298 g/mol. The largest absolute Gasteiger partial charge is 0.464 e. The fourth-order valence-electron chi connectivity index (χ4n) is 2.91. The molecule has 2 fully saturated rings. The van der Waals surface area contributed by atoms with E-state index in [9.17, 15) is 14.4 Å². The summed E-state index contributed by atoms with van der Waals surface area (Å²) in [6.07, 6.45) is 0.776. The Hall–Kier alpha value is -2.37. The van der Waals surface area contributed by atoms with E-state index in [0.717, 1.165) is 5.56 Å². The van der Waals surface area contributed by atoms with Crippen LogP contribution in [0.1, 0.15) is 25.3 Å². The number of likely N-dealkylation sites (tertiary alicyclic amines) is 1. The van der Waals surface area contributed by atoms with Gasteiger partial charge in [0.1, 0.15) is 6.61 Å². The van der Waals surface area contributed by atoms with Gasteiger partial charge >= 0.3 is 12.1 Å². The van der Waals surface area contributed by atoms with E-state index in [-0.39, 0.29) is 25.5 Å². The van der Waals surface area contributed by atoms with E-state index in [4.69, 9.17) is 9.47 Å². The molecule has 6 heteroatoms. The van der Waals surface area contributed by atoms with Crippen LogP contribution in [0.2, 0.25) is 0 Å². The summed E-state index contributed by atoms with van der Waals surface area (Å²) in [4.78, 5) is 38.1. The molecule has 3 rings (SSSR count). The van der Waals surface area contributed by atoms with Gasteiger partial charge in [0.2, 0.25) is 0 Å². The molecule has 1 atom stereocenters. The zero-order valence-electron chi connectivity index (χ0n) is 13.0. The van der Waals surface area contributed by atoms with E-state index in [2.05, 4.69) is 0 Å². The highest BCUT2D eigenvalue weighted by Crippen LogP contribution is 2.52. The van der Waals surface area contributed by atoms with E-state index >= 15 is 0 Å². The Kier molecular flexibility index (Phi) is 4.07. The Morgan fingerprint density at radius 2 is 1.91 bits per heavy atom. The molecule has 6 nitrogen and oxygen atoms in total. The molecule has 2 aliphatic rings. The third kappa shape index (κ3) is 2.93. The molecule has 1 aliphatic carbocycles. The van der Waals surface area contributed by atoms with Crippen molar-refractivity contribution in [2.75, 3.05) is 13.2 Å². The Morgan fingerprint density at radius 1 is 1.22 bits per heavy atom. The predicted molar refractivity (Wildman–Crippen MR) is 80.4 cm³/mol. The summed E-state index contributed by atoms with van der Waals surface area (Å²) in [5.74, 6) is -0.884. The van der Waals surface area contributed by atoms with Crippen molar-refractivity contribution >= 4 is 17.8 Å². The predicted octanol–water partition coefficient (Wildman–Crippen LogP) is 1.92. The number of carbonyl (C=O) groups excluding carboxylic acids is 3. The van der Waals surface area contributed by atoms with Crippen molar-refractivity contribution in [2.24, 2.45) is 5.41 Å². The molecule has 0 N–H and O–H groups in total. The lowest BCUT2D eigenvalue weighted by Gasteiger charge is -2.21. The maximum Gasteiger partial charge on any atom is 0.411 e. The lowest BCUT2D eigenvalue weighted by Crippen LogP contribution is -2.44. The fraction of sp³-hybridized carbons (Fsp3) is 0.471. The normalized spacial score (nSPS) is 21.3. The second-order valence-corrected chi connectivity index (χ2v) is 5.97. The molecule has 122 valence electrons. The number of nitrogens with zero attached hydrogens (tertiary/aromatic N) is 1. The third-order valence-electron chi connectivity index (χ3n) is 4.36. The lowest BCUT2D eigenvalue weighted by atomic mass is 10.0. The van der Waals surface area contributed by atoms with Crippen LogP contribution in [0.25, 0.3) is 0 Å². The van der Waals surface area contributed by atoms with Crippen molar-refractivity contribution in [3.63, 3.8) is 0 Å². The second-order valence-electron chi connectivity index (χ2n) is 5.97. The summed E-state index contributed by atoms with van der Waals surface area (Å²) < 4.78 is 10.2. The van der Waals surface area contributed by atoms with Gasteiger partial charge in [-0.25, -0.2) is 9.59 Å². The molecule has 23 heavy (non-hydrogen) atoms. The summed E-state index contributed by atoms with van der Waals surface area (Å²) in [6.45, 7) is 2.18. The van der Waals surface area contributed by atoms with Gasteiger partial charge in [-0.1, -0.05) is 30.3 Å². The molecular formula is C17H19NO5. The fourth-order valence-corrected chi connectivity index (χ4v) is 2.91. The van der Waals surface area contributed by atoms with Gasteiger partial charge in [0.15, 0.2) is 11.8 Å². The SMILES string of the molecule is CCOC(=O)C1C(=O)C2(CC2)CN1C(=O)OCc1ccccc1. The molecule has 1 amide bonds. The van der Waals surface area contributed by atoms with Crippen LogP contribution in [-0.2, 0) is 25.7 Å². The van der Waals surface area contributed by atoms with Crippen molar-refractivity contribution in [1.82, 2.24) is 4.90 Å². The van der Waals surface area contributed by atoms with Gasteiger partial charge in [0, 0.05) is 12.0 Å². The number of benzene rings is 1. The van der Waals surface area contributed by atoms with Gasteiger partial charge in [0.25, 0.3) is 0 Å². The maximum absolute atomic E-state index is 12.4. The van der Waals surface area contributed by atoms with Crippen LogP contribution in [0.4, 0.5) is 4.79 Å². The zero-order chi connectivity index (χ0) is 16.4. The van der Waals surface area contributed by atoms with Crippen LogP contribution in [0.5, 0.6) is 0 Å². The van der Waals surface area contributed by atoms with Gasteiger partial charge in [0.05, 0.1) is 6.61 Å². The molecule has 1 saturated carbocycles. The molecule has 1 aromatic rings. The van der Waals surface area contributed by atoms with E-state index in [0.29, 0.717) is 12.8 Å². The van der Waals surface area contributed by atoms with Crippen LogP contribution in [0.15, 0.2) is 30.3 Å². The minimum Gasteiger partial charge on any atom is -0.464 e. The van der Waals surface area contributed by atoms with Crippen LogP contribution in [0, 0.1) is 5.41 Å². The van der Waals surface area contributed by atoms with Crippen LogP contribution < -0.4 is 0 Å². The minimum absolute atomic E-state index is 0.104. The average molecular weight is 317 g/mol. The Morgan fingerprint density at radius 3 is 2.52 bits per heavy atom. The molecule has 1 aromatic carbocycles. The smallest absolute Gasteiger partial charge is 0.411 e. The van der Waals surface area contributed by atoms with Crippen molar-refractivity contribution in [3.05, 3.63) is 35.9 Å².